The molecule has 0 aliphatic heterocycles. The molecule has 0 saturated heterocycles. The van der Waals surface area contributed by atoms with Crippen LogP contribution in [0.1, 0.15) is 24.5 Å². The highest BCUT2D eigenvalue weighted by Crippen LogP contribution is 2.11. The Morgan fingerprint density at radius 2 is 1.28 bits per heavy atom. The van der Waals surface area contributed by atoms with Crippen molar-refractivity contribution >= 4 is 23.5 Å². The molecule has 6 nitrogen and oxygen atoms in total. The van der Waals surface area contributed by atoms with Gasteiger partial charge in [0.15, 0.2) is 0 Å². The number of nitrogens with zero attached hydrogens (tertiary/aromatic N) is 4. The van der Waals surface area contributed by atoms with E-state index in [1.165, 1.54) is 0 Å². The van der Waals surface area contributed by atoms with E-state index in [-0.39, 0.29) is 0 Å². The largest absolute Gasteiger partial charge is 0.262 e. The summed E-state index contributed by atoms with van der Waals surface area (Å²) in [5.41, 5.74) is 0. The van der Waals surface area contributed by atoms with Crippen LogP contribution in [0.2, 0.25) is 0 Å². The lowest BCUT2D eigenvalue weighted by molar-refractivity contribution is 0.689. The molecule has 0 atom stereocenters. The molecule has 0 aliphatic carbocycles. The molecular weight excluding hydrogens is 268 g/mol. The average Bonchev–Trinajstić information content (AvgIpc) is 3.03. The molecule has 8 heteroatoms. The number of aromatic nitrogens is 6. The standard InChI is InChI=1S/C10H16N6S2/c1-17-9-11-7(13-15-9)5-3-4-6-8-12-10(18-2)16-14-8/h3-6H2,1-2H3,(H,11,13,15)(H,12,14,16). The second-order valence-electron chi connectivity index (χ2n) is 3.74. The monoisotopic (exact) mass is 284 g/mol. The SMILES string of the molecule is CSc1n[nH]c(CCCCc2nc(SC)n[nH]2)n1. The van der Waals surface area contributed by atoms with Gasteiger partial charge in [-0.05, 0) is 25.4 Å². The van der Waals surface area contributed by atoms with Crippen molar-refractivity contribution in [1.82, 2.24) is 30.4 Å². The van der Waals surface area contributed by atoms with Crippen LogP contribution < -0.4 is 0 Å². The van der Waals surface area contributed by atoms with Gasteiger partial charge < -0.3 is 0 Å². The summed E-state index contributed by atoms with van der Waals surface area (Å²) in [5.74, 6) is 1.92. The number of rotatable bonds is 7. The minimum atomic E-state index is 0.810. The summed E-state index contributed by atoms with van der Waals surface area (Å²) in [7, 11) is 0. The topological polar surface area (TPSA) is 83.1 Å². The highest BCUT2D eigenvalue weighted by molar-refractivity contribution is 7.98. The highest BCUT2D eigenvalue weighted by Gasteiger charge is 2.04. The first-order chi connectivity index (χ1) is 8.81. The quantitative estimate of drug-likeness (QED) is 0.597. The van der Waals surface area contributed by atoms with Gasteiger partial charge in [0.2, 0.25) is 10.3 Å². The third-order valence-corrected chi connectivity index (χ3v) is 3.56. The Bertz CT molecular complexity index is 436. The van der Waals surface area contributed by atoms with Crippen LogP contribution in [-0.2, 0) is 12.8 Å². The molecule has 2 N–H and O–H groups in total. The molecule has 0 unspecified atom stereocenters. The van der Waals surface area contributed by atoms with E-state index in [1.807, 2.05) is 12.5 Å². The fraction of sp³-hybridized carbons (Fsp3) is 0.600. The van der Waals surface area contributed by atoms with Gasteiger partial charge in [-0.25, -0.2) is 9.97 Å². The first kappa shape index (κ1) is 13.4. The summed E-state index contributed by atoms with van der Waals surface area (Å²) in [5, 5.41) is 15.7. The number of unbranched alkanes of at least 4 members (excludes halogenated alkanes) is 1. The molecule has 2 heterocycles. The highest BCUT2D eigenvalue weighted by atomic mass is 32.2. The summed E-state index contributed by atoms with van der Waals surface area (Å²) in [6.07, 6.45) is 7.94. The molecule has 0 spiro atoms. The zero-order chi connectivity index (χ0) is 12.8. The van der Waals surface area contributed by atoms with Gasteiger partial charge in [-0.1, -0.05) is 23.5 Å². The van der Waals surface area contributed by atoms with Crippen molar-refractivity contribution in [3.63, 3.8) is 0 Å². The van der Waals surface area contributed by atoms with Gasteiger partial charge in [-0.3, -0.25) is 10.2 Å². The van der Waals surface area contributed by atoms with Crippen molar-refractivity contribution in [2.45, 2.75) is 36.0 Å². The summed E-state index contributed by atoms with van der Waals surface area (Å²) >= 11 is 3.10. The molecule has 0 aromatic carbocycles. The Morgan fingerprint density at radius 1 is 0.833 bits per heavy atom. The van der Waals surface area contributed by atoms with Gasteiger partial charge in [0.05, 0.1) is 0 Å². The Labute approximate surface area is 114 Å². The number of nitrogens with one attached hydrogen (secondary N) is 2. The molecule has 2 aromatic rings. The van der Waals surface area contributed by atoms with E-state index >= 15 is 0 Å². The van der Waals surface area contributed by atoms with Crippen LogP contribution in [0.4, 0.5) is 0 Å². The first-order valence-corrected chi connectivity index (χ1v) is 8.17. The molecule has 0 amide bonds. The number of H-pyrrole nitrogens is 2. The summed E-state index contributed by atoms with van der Waals surface area (Å²) in [4.78, 5) is 8.70. The molecule has 0 saturated carbocycles. The van der Waals surface area contributed by atoms with E-state index in [0.717, 1.165) is 47.6 Å². The molecule has 0 radical (unpaired) electrons. The fourth-order valence-corrected chi connectivity index (χ4v) is 2.22. The van der Waals surface area contributed by atoms with Crippen molar-refractivity contribution in [3.05, 3.63) is 11.6 Å². The normalized spacial score (nSPS) is 11.0. The van der Waals surface area contributed by atoms with Gasteiger partial charge in [-0.15, -0.1) is 10.2 Å². The van der Waals surface area contributed by atoms with Crippen molar-refractivity contribution < 1.29 is 0 Å². The number of hydrogen-bond donors (Lipinski definition) is 2. The lowest BCUT2D eigenvalue weighted by atomic mass is 10.2. The van der Waals surface area contributed by atoms with Gasteiger partial charge >= 0.3 is 0 Å². The molecule has 98 valence electrons. The number of aromatic amines is 2. The molecule has 2 aromatic heterocycles. The Kier molecular flexibility index (Phi) is 5.06. The maximum atomic E-state index is 4.35. The van der Waals surface area contributed by atoms with Crippen LogP contribution in [0.15, 0.2) is 10.3 Å². The number of hydrogen-bond acceptors (Lipinski definition) is 6. The van der Waals surface area contributed by atoms with E-state index in [2.05, 4.69) is 30.4 Å². The van der Waals surface area contributed by atoms with Crippen molar-refractivity contribution in [1.29, 1.82) is 0 Å². The van der Waals surface area contributed by atoms with E-state index in [1.54, 1.807) is 23.5 Å². The van der Waals surface area contributed by atoms with E-state index in [0.29, 0.717) is 0 Å². The minimum absolute atomic E-state index is 0.810. The number of aryl methyl sites for hydroxylation is 2. The van der Waals surface area contributed by atoms with Crippen molar-refractivity contribution in [2.24, 2.45) is 0 Å². The second kappa shape index (κ2) is 6.79. The van der Waals surface area contributed by atoms with Crippen molar-refractivity contribution in [3.8, 4) is 0 Å². The van der Waals surface area contributed by atoms with Gasteiger partial charge in [0.25, 0.3) is 0 Å². The molecular formula is C10H16N6S2. The van der Waals surface area contributed by atoms with Crippen LogP contribution >= 0.6 is 23.5 Å². The third-order valence-electron chi connectivity index (χ3n) is 2.46. The van der Waals surface area contributed by atoms with E-state index in [9.17, 15) is 0 Å². The maximum absolute atomic E-state index is 4.35. The lowest BCUT2D eigenvalue weighted by Gasteiger charge is -1.96. The van der Waals surface area contributed by atoms with Gasteiger partial charge in [-0.2, -0.15) is 0 Å². The number of thioether (sulfide) groups is 2. The molecule has 0 fully saturated rings. The van der Waals surface area contributed by atoms with E-state index < -0.39 is 0 Å². The molecule has 18 heavy (non-hydrogen) atoms. The van der Waals surface area contributed by atoms with Crippen molar-refractivity contribution in [2.75, 3.05) is 12.5 Å². The minimum Gasteiger partial charge on any atom is -0.262 e. The summed E-state index contributed by atoms with van der Waals surface area (Å²) in [6, 6.07) is 0. The maximum Gasteiger partial charge on any atom is 0.208 e. The predicted octanol–water partition coefficient (Wildman–Crippen LogP) is 1.93. The van der Waals surface area contributed by atoms with E-state index in [4.69, 9.17) is 0 Å². The zero-order valence-corrected chi connectivity index (χ0v) is 12.1. The third kappa shape index (κ3) is 3.74. The predicted molar refractivity (Wildman–Crippen MR) is 73.0 cm³/mol. The van der Waals surface area contributed by atoms with Crippen LogP contribution in [0.3, 0.4) is 0 Å². The molecule has 0 aliphatic rings. The average molecular weight is 284 g/mol. The van der Waals surface area contributed by atoms with Crippen LogP contribution in [0.25, 0.3) is 0 Å². The summed E-state index contributed by atoms with van der Waals surface area (Å²) in [6.45, 7) is 0. The zero-order valence-electron chi connectivity index (χ0n) is 10.4. The Morgan fingerprint density at radius 3 is 1.61 bits per heavy atom. The van der Waals surface area contributed by atoms with Crippen LogP contribution in [-0.4, -0.2) is 42.9 Å². The Balaban J connectivity index is 1.69. The second-order valence-corrected chi connectivity index (χ2v) is 5.29. The lowest BCUT2D eigenvalue weighted by Crippen LogP contribution is -1.93. The fourth-order valence-electron chi connectivity index (χ4n) is 1.55. The molecule has 2 rings (SSSR count). The van der Waals surface area contributed by atoms with Crippen LogP contribution in [0, 0.1) is 0 Å². The molecule has 0 bridgehead atoms. The van der Waals surface area contributed by atoms with Crippen LogP contribution in [0.5, 0.6) is 0 Å². The summed E-state index contributed by atoms with van der Waals surface area (Å²) < 4.78 is 0. The van der Waals surface area contributed by atoms with Gasteiger partial charge in [0.1, 0.15) is 11.6 Å². The van der Waals surface area contributed by atoms with Gasteiger partial charge in [0, 0.05) is 12.8 Å². The smallest absolute Gasteiger partial charge is 0.208 e. The Hall–Kier alpha value is -1.02. The first-order valence-electron chi connectivity index (χ1n) is 5.72.